The zero-order valence-electron chi connectivity index (χ0n) is 16.6. The Labute approximate surface area is 167 Å². The molecule has 0 fully saturated rings. The van der Waals surface area contributed by atoms with Gasteiger partial charge in [-0.25, -0.2) is 0 Å². The first kappa shape index (κ1) is 21.7. The minimum atomic E-state index is -1.51. The number of aliphatic hydroxyl groups is 1. The molecule has 0 bridgehead atoms. The maximum absolute atomic E-state index is 13.2. The van der Waals surface area contributed by atoms with Gasteiger partial charge in [0.2, 0.25) is 0 Å². The van der Waals surface area contributed by atoms with Gasteiger partial charge in [0.05, 0.1) is 6.10 Å². The Morgan fingerprint density at radius 3 is 2.19 bits per heavy atom. The van der Waals surface area contributed by atoms with Crippen molar-refractivity contribution in [3.05, 3.63) is 60.2 Å². The molecule has 0 aliphatic carbocycles. The monoisotopic (exact) mass is 386 g/mol. The highest BCUT2D eigenvalue weighted by molar-refractivity contribution is 7.99. The minimum absolute atomic E-state index is 0.0358. The first-order valence-corrected chi connectivity index (χ1v) is 10.4. The fourth-order valence-electron chi connectivity index (χ4n) is 3.40. The predicted molar refractivity (Wildman–Crippen MR) is 111 cm³/mol. The van der Waals surface area contributed by atoms with Crippen molar-refractivity contribution in [1.29, 1.82) is 0 Å². The van der Waals surface area contributed by atoms with Crippen molar-refractivity contribution in [1.82, 2.24) is 0 Å². The molecule has 0 aliphatic rings. The Kier molecular flexibility index (Phi) is 8.08. The molecule has 3 nitrogen and oxygen atoms in total. The molecule has 4 heteroatoms. The zero-order chi connectivity index (χ0) is 19.9. The molecule has 0 saturated heterocycles. The van der Waals surface area contributed by atoms with E-state index in [4.69, 9.17) is 4.74 Å². The number of Topliss-reactive ketones (excluding diaryl/α,β-unsaturated/α-hetero) is 1. The van der Waals surface area contributed by atoms with E-state index in [1.165, 1.54) is 0 Å². The molecule has 0 radical (unpaired) electrons. The maximum Gasteiger partial charge on any atom is 0.197 e. The van der Waals surface area contributed by atoms with Crippen LogP contribution in [0.15, 0.2) is 64.4 Å². The maximum atomic E-state index is 13.2. The molecule has 27 heavy (non-hydrogen) atoms. The second-order valence-electron chi connectivity index (χ2n) is 7.20. The molecule has 0 aliphatic heterocycles. The smallest absolute Gasteiger partial charge is 0.197 e. The Morgan fingerprint density at radius 2 is 1.67 bits per heavy atom. The lowest BCUT2D eigenvalue weighted by molar-refractivity contribution is -0.0932. The van der Waals surface area contributed by atoms with Gasteiger partial charge in [-0.1, -0.05) is 75.7 Å². The molecule has 146 valence electrons. The van der Waals surface area contributed by atoms with E-state index in [0.717, 1.165) is 22.6 Å². The molecular formula is C23H30O3S. The molecule has 0 heterocycles. The average Bonchev–Trinajstić information content (AvgIpc) is 2.67. The quantitative estimate of drug-likeness (QED) is 0.539. The average molecular weight is 387 g/mol. The molecule has 0 aromatic heterocycles. The summed E-state index contributed by atoms with van der Waals surface area (Å²) in [5, 5.41) is 11.3. The van der Waals surface area contributed by atoms with E-state index in [9.17, 15) is 9.90 Å². The molecule has 1 N–H and O–H groups in total. The fraction of sp³-hybridized carbons (Fsp3) is 0.435. The van der Waals surface area contributed by atoms with Crippen LogP contribution in [-0.4, -0.2) is 29.7 Å². The third-order valence-electron chi connectivity index (χ3n) is 4.73. The van der Waals surface area contributed by atoms with Crippen molar-refractivity contribution in [3.8, 4) is 0 Å². The van der Waals surface area contributed by atoms with Crippen LogP contribution in [0.2, 0.25) is 0 Å². The van der Waals surface area contributed by atoms with Crippen LogP contribution in [-0.2, 0) is 4.74 Å². The Morgan fingerprint density at radius 1 is 1.07 bits per heavy atom. The normalized spacial score (nSPS) is 14.7. The molecular weight excluding hydrogens is 356 g/mol. The van der Waals surface area contributed by atoms with Gasteiger partial charge in [0.15, 0.2) is 11.4 Å². The summed E-state index contributed by atoms with van der Waals surface area (Å²) in [6.45, 7) is 5.99. The van der Waals surface area contributed by atoms with Gasteiger partial charge >= 0.3 is 0 Å². The molecule has 2 aromatic carbocycles. The highest BCUT2D eigenvalue weighted by Crippen LogP contribution is 2.32. The SMILES string of the molecule is CCCCC(O)(C(=O)c1ccc(Sc2ccccc2)cc1)C(OC)C(C)C. The molecule has 2 unspecified atom stereocenters. The van der Waals surface area contributed by atoms with Crippen LogP contribution in [0.1, 0.15) is 50.4 Å². The first-order valence-electron chi connectivity index (χ1n) is 9.55. The summed E-state index contributed by atoms with van der Waals surface area (Å²) in [7, 11) is 1.56. The molecule has 0 amide bonds. The van der Waals surface area contributed by atoms with Crippen LogP contribution in [0, 0.1) is 5.92 Å². The van der Waals surface area contributed by atoms with E-state index in [2.05, 4.69) is 19.1 Å². The summed E-state index contributed by atoms with van der Waals surface area (Å²) in [6, 6.07) is 17.6. The lowest BCUT2D eigenvalue weighted by Gasteiger charge is -2.36. The van der Waals surface area contributed by atoms with E-state index in [1.807, 2.05) is 44.2 Å². The van der Waals surface area contributed by atoms with E-state index < -0.39 is 11.7 Å². The summed E-state index contributed by atoms with van der Waals surface area (Å²) >= 11 is 1.65. The molecule has 2 aromatic rings. The highest BCUT2D eigenvalue weighted by Gasteiger charge is 2.45. The lowest BCUT2D eigenvalue weighted by atomic mass is 9.79. The van der Waals surface area contributed by atoms with Crippen molar-refractivity contribution in [2.24, 2.45) is 5.92 Å². The number of rotatable bonds is 10. The number of ether oxygens (including phenoxy) is 1. The van der Waals surface area contributed by atoms with Gasteiger partial charge in [0, 0.05) is 22.5 Å². The third-order valence-corrected chi connectivity index (χ3v) is 5.75. The van der Waals surface area contributed by atoms with Crippen molar-refractivity contribution >= 4 is 17.5 Å². The summed E-state index contributed by atoms with van der Waals surface area (Å²) in [5.74, 6) is -0.221. The standard InChI is InChI=1S/C23H30O3S/c1-5-6-16-23(25,22(26-4)17(2)3)21(24)18-12-14-20(15-13-18)27-19-10-8-7-9-11-19/h7-15,17,22,25H,5-6,16H2,1-4H3. The Balaban J connectivity index is 2.23. The molecule has 2 rings (SSSR count). The van der Waals surface area contributed by atoms with E-state index >= 15 is 0 Å². The van der Waals surface area contributed by atoms with Crippen LogP contribution in [0.4, 0.5) is 0 Å². The molecule has 0 saturated carbocycles. The molecule has 0 spiro atoms. The Hall–Kier alpha value is -1.62. The third kappa shape index (κ3) is 5.44. The van der Waals surface area contributed by atoms with Crippen LogP contribution < -0.4 is 0 Å². The van der Waals surface area contributed by atoms with Gasteiger partial charge in [-0.2, -0.15) is 0 Å². The number of carbonyl (C=O) groups is 1. The first-order chi connectivity index (χ1) is 12.9. The highest BCUT2D eigenvalue weighted by atomic mass is 32.2. The van der Waals surface area contributed by atoms with E-state index in [-0.39, 0.29) is 11.7 Å². The van der Waals surface area contributed by atoms with Gasteiger partial charge in [-0.05, 0) is 36.6 Å². The van der Waals surface area contributed by atoms with E-state index in [0.29, 0.717) is 12.0 Å². The van der Waals surface area contributed by atoms with Crippen LogP contribution in [0.3, 0.4) is 0 Å². The van der Waals surface area contributed by atoms with Crippen LogP contribution >= 0.6 is 11.8 Å². The van der Waals surface area contributed by atoms with Crippen molar-refractivity contribution in [3.63, 3.8) is 0 Å². The van der Waals surface area contributed by atoms with Crippen molar-refractivity contribution in [2.75, 3.05) is 7.11 Å². The minimum Gasteiger partial charge on any atom is -0.379 e. The number of carbonyl (C=O) groups excluding carboxylic acids is 1. The predicted octanol–water partition coefficient (Wildman–Crippen LogP) is 5.61. The second kappa shape index (κ2) is 10.1. The fourth-order valence-corrected chi connectivity index (χ4v) is 4.24. The van der Waals surface area contributed by atoms with Gasteiger partial charge in [0.25, 0.3) is 0 Å². The van der Waals surface area contributed by atoms with Crippen LogP contribution in [0.5, 0.6) is 0 Å². The number of hydrogen-bond acceptors (Lipinski definition) is 4. The number of methoxy groups -OCH3 is 1. The summed E-state index contributed by atoms with van der Waals surface area (Å²) < 4.78 is 5.54. The van der Waals surface area contributed by atoms with Crippen LogP contribution in [0.25, 0.3) is 0 Å². The number of hydrogen-bond donors (Lipinski definition) is 1. The summed E-state index contributed by atoms with van der Waals surface area (Å²) in [5.41, 5.74) is -0.985. The zero-order valence-corrected chi connectivity index (χ0v) is 17.5. The topological polar surface area (TPSA) is 46.5 Å². The van der Waals surface area contributed by atoms with Gasteiger partial charge in [0.1, 0.15) is 0 Å². The molecule has 2 atom stereocenters. The summed E-state index contributed by atoms with van der Waals surface area (Å²) in [4.78, 5) is 15.4. The van der Waals surface area contributed by atoms with Gasteiger partial charge < -0.3 is 9.84 Å². The number of ketones is 1. The van der Waals surface area contributed by atoms with Gasteiger partial charge in [-0.15, -0.1) is 0 Å². The van der Waals surface area contributed by atoms with E-state index in [1.54, 1.807) is 31.0 Å². The summed E-state index contributed by atoms with van der Waals surface area (Å²) in [6.07, 6.45) is 1.56. The van der Waals surface area contributed by atoms with Crippen molar-refractivity contribution < 1.29 is 14.6 Å². The lowest BCUT2D eigenvalue weighted by Crippen LogP contribution is -2.52. The van der Waals surface area contributed by atoms with Crippen molar-refractivity contribution in [2.45, 2.75) is 61.5 Å². The number of benzene rings is 2. The van der Waals surface area contributed by atoms with Gasteiger partial charge in [-0.3, -0.25) is 4.79 Å². The largest absolute Gasteiger partial charge is 0.379 e. The Bertz CT molecular complexity index is 712. The number of unbranched alkanes of at least 4 members (excludes halogenated alkanes) is 1. The second-order valence-corrected chi connectivity index (χ2v) is 8.34.